The van der Waals surface area contributed by atoms with Crippen molar-refractivity contribution in [1.29, 1.82) is 0 Å². The molecule has 0 saturated carbocycles. The number of aromatic carboxylic acids is 1. The molecule has 0 spiro atoms. The fraction of sp³-hybridized carbons (Fsp3) is 0.154. The second-order valence-electron chi connectivity index (χ2n) is 3.99. The van der Waals surface area contributed by atoms with E-state index in [9.17, 15) is 18.0 Å². The van der Waals surface area contributed by atoms with Crippen molar-refractivity contribution in [2.24, 2.45) is 0 Å². The molecule has 0 unspecified atom stereocenters. The molecule has 1 heterocycles. The van der Waals surface area contributed by atoms with Gasteiger partial charge in [0.25, 0.3) is 0 Å². The summed E-state index contributed by atoms with van der Waals surface area (Å²) >= 11 is 0. The number of hydrogen-bond donors (Lipinski definition) is 1. The number of rotatable bonds is 4. The van der Waals surface area contributed by atoms with Gasteiger partial charge in [-0.3, -0.25) is 0 Å². The highest BCUT2D eigenvalue weighted by Crippen LogP contribution is 2.23. The van der Waals surface area contributed by atoms with Crippen LogP contribution in [0.25, 0.3) is 11.3 Å². The largest absolute Gasteiger partial charge is 0.478 e. The van der Waals surface area contributed by atoms with Gasteiger partial charge in [0.15, 0.2) is 6.61 Å². The Hall–Kier alpha value is -2.64. The molecule has 0 saturated heterocycles. The first-order valence-corrected chi connectivity index (χ1v) is 5.72. The lowest BCUT2D eigenvalue weighted by Crippen LogP contribution is -2.20. The molecular formula is C13H9F3N2O3. The van der Waals surface area contributed by atoms with Gasteiger partial charge in [0.05, 0.1) is 5.69 Å². The summed E-state index contributed by atoms with van der Waals surface area (Å²) in [6, 6.07) is 7.66. The van der Waals surface area contributed by atoms with Gasteiger partial charge in [-0.1, -0.05) is 30.3 Å². The van der Waals surface area contributed by atoms with E-state index in [1.165, 1.54) is 0 Å². The fourth-order valence-electron chi connectivity index (χ4n) is 1.55. The molecule has 21 heavy (non-hydrogen) atoms. The maximum Gasteiger partial charge on any atom is 0.422 e. The van der Waals surface area contributed by atoms with Crippen molar-refractivity contribution < 1.29 is 27.8 Å². The second-order valence-corrected chi connectivity index (χ2v) is 3.99. The molecule has 110 valence electrons. The lowest BCUT2D eigenvalue weighted by atomic mass is 10.1. The molecule has 0 bridgehead atoms. The average Bonchev–Trinajstić information content (AvgIpc) is 2.45. The van der Waals surface area contributed by atoms with Crippen LogP contribution in [-0.4, -0.2) is 33.8 Å². The highest BCUT2D eigenvalue weighted by molar-refractivity contribution is 5.94. The number of halogens is 3. The van der Waals surface area contributed by atoms with E-state index in [0.717, 1.165) is 6.20 Å². The number of carbonyl (C=O) groups is 1. The van der Waals surface area contributed by atoms with Crippen molar-refractivity contribution in [3.63, 3.8) is 0 Å². The Morgan fingerprint density at radius 3 is 2.48 bits per heavy atom. The molecule has 1 aromatic carbocycles. The van der Waals surface area contributed by atoms with Gasteiger partial charge in [0.1, 0.15) is 5.56 Å². The maximum absolute atomic E-state index is 12.1. The molecule has 2 aromatic rings. The topological polar surface area (TPSA) is 72.3 Å². The smallest absolute Gasteiger partial charge is 0.422 e. The van der Waals surface area contributed by atoms with E-state index >= 15 is 0 Å². The van der Waals surface area contributed by atoms with Gasteiger partial charge in [-0.15, -0.1) is 0 Å². The number of nitrogens with zero attached hydrogens (tertiary/aromatic N) is 2. The third kappa shape index (κ3) is 3.91. The molecular weight excluding hydrogens is 289 g/mol. The Morgan fingerprint density at radius 1 is 1.24 bits per heavy atom. The molecule has 0 aliphatic carbocycles. The number of ether oxygens (including phenoxy) is 1. The van der Waals surface area contributed by atoms with Crippen LogP contribution in [0.1, 0.15) is 10.4 Å². The zero-order valence-electron chi connectivity index (χ0n) is 10.5. The summed E-state index contributed by atoms with van der Waals surface area (Å²) in [4.78, 5) is 18.4. The van der Waals surface area contributed by atoms with E-state index < -0.39 is 24.8 Å². The van der Waals surface area contributed by atoms with Crippen LogP contribution >= 0.6 is 0 Å². The summed E-state index contributed by atoms with van der Waals surface area (Å²) < 4.78 is 40.7. The molecule has 5 nitrogen and oxygen atoms in total. The predicted octanol–water partition coefficient (Wildman–Crippen LogP) is 2.78. The third-order valence-corrected chi connectivity index (χ3v) is 2.41. The lowest BCUT2D eigenvalue weighted by molar-refractivity contribution is -0.154. The van der Waals surface area contributed by atoms with Crippen LogP contribution in [-0.2, 0) is 0 Å². The third-order valence-electron chi connectivity index (χ3n) is 2.41. The van der Waals surface area contributed by atoms with Crippen LogP contribution in [0.2, 0.25) is 0 Å². The summed E-state index contributed by atoms with van der Waals surface area (Å²) in [6.45, 7) is -1.55. The van der Waals surface area contributed by atoms with Crippen molar-refractivity contribution in [3.8, 4) is 17.3 Å². The van der Waals surface area contributed by atoms with E-state index in [4.69, 9.17) is 5.11 Å². The monoisotopic (exact) mass is 298 g/mol. The molecule has 2 rings (SSSR count). The average molecular weight is 298 g/mol. The van der Waals surface area contributed by atoms with Crippen LogP contribution in [0.3, 0.4) is 0 Å². The molecule has 8 heteroatoms. The number of alkyl halides is 3. The molecule has 0 atom stereocenters. The van der Waals surface area contributed by atoms with Crippen molar-refractivity contribution in [2.75, 3.05) is 6.61 Å². The minimum atomic E-state index is -4.53. The van der Waals surface area contributed by atoms with Gasteiger partial charge >= 0.3 is 18.2 Å². The van der Waals surface area contributed by atoms with Gasteiger partial charge in [-0.2, -0.15) is 18.2 Å². The zero-order chi connectivity index (χ0) is 15.5. The normalized spacial score (nSPS) is 11.2. The maximum atomic E-state index is 12.1. The summed E-state index contributed by atoms with van der Waals surface area (Å²) in [6.07, 6.45) is -3.61. The number of carboxylic acid groups (broad SMARTS) is 1. The van der Waals surface area contributed by atoms with E-state index in [1.54, 1.807) is 30.3 Å². The highest BCUT2D eigenvalue weighted by atomic mass is 19.4. The zero-order valence-corrected chi connectivity index (χ0v) is 10.5. The Bertz CT molecular complexity index is 645. The number of benzene rings is 1. The quantitative estimate of drug-likeness (QED) is 0.939. The summed E-state index contributed by atoms with van der Waals surface area (Å²) in [7, 11) is 0. The van der Waals surface area contributed by atoms with Crippen LogP contribution < -0.4 is 4.74 Å². The van der Waals surface area contributed by atoms with Crippen molar-refractivity contribution in [3.05, 3.63) is 42.1 Å². The van der Waals surface area contributed by atoms with Crippen LogP contribution in [0.15, 0.2) is 36.5 Å². The number of carboxylic acids is 1. The molecule has 0 aliphatic heterocycles. The minimum Gasteiger partial charge on any atom is -0.478 e. The van der Waals surface area contributed by atoms with Gasteiger partial charge < -0.3 is 9.84 Å². The Morgan fingerprint density at radius 2 is 1.90 bits per heavy atom. The van der Waals surface area contributed by atoms with Gasteiger partial charge in [-0.25, -0.2) is 9.78 Å². The van der Waals surface area contributed by atoms with Crippen molar-refractivity contribution in [2.45, 2.75) is 6.18 Å². The van der Waals surface area contributed by atoms with Crippen LogP contribution in [0.4, 0.5) is 13.2 Å². The Kier molecular flexibility index (Phi) is 4.06. The highest BCUT2D eigenvalue weighted by Gasteiger charge is 2.29. The summed E-state index contributed by atoms with van der Waals surface area (Å²) in [5, 5.41) is 9.08. The minimum absolute atomic E-state index is 0.00438. The first-order valence-electron chi connectivity index (χ1n) is 5.72. The summed E-state index contributed by atoms with van der Waals surface area (Å²) in [5.41, 5.74) is 0.213. The molecule has 0 radical (unpaired) electrons. The standard InChI is InChI=1S/C13H9F3N2O3/c14-13(15,16)7-21-12-17-6-9(11(19)20)10(18-12)8-4-2-1-3-5-8/h1-6H,7H2,(H,19,20). The van der Waals surface area contributed by atoms with Crippen molar-refractivity contribution in [1.82, 2.24) is 9.97 Å². The lowest BCUT2D eigenvalue weighted by Gasteiger charge is -2.10. The molecule has 0 amide bonds. The first kappa shape index (κ1) is 14.8. The fourth-order valence-corrected chi connectivity index (χ4v) is 1.55. The van der Waals surface area contributed by atoms with Crippen molar-refractivity contribution >= 4 is 5.97 Å². The van der Waals surface area contributed by atoms with Gasteiger partial charge in [0, 0.05) is 11.8 Å². The SMILES string of the molecule is O=C(O)c1cnc(OCC(F)(F)F)nc1-c1ccccc1. The van der Waals surface area contributed by atoms with Crippen LogP contribution in [0, 0.1) is 0 Å². The summed E-state index contributed by atoms with van der Waals surface area (Å²) in [5.74, 6) is -1.28. The molecule has 0 fully saturated rings. The van der Waals surface area contributed by atoms with Gasteiger partial charge in [0.2, 0.25) is 0 Å². The van der Waals surface area contributed by atoms with E-state index in [-0.39, 0.29) is 11.3 Å². The first-order chi connectivity index (χ1) is 9.87. The Labute approximate surface area is 117 Å². The predicted molar refractivity (Wildman–Crippen MR) is 66.0 cm³/mol. The van der Waals surface area contributed by atoms with E-state index in [1.807, 2.05) is 0 Å². The Balaban J connectivity index is 2.38. The van der Waals surface area contributed by atoms with E-state index in [0.29, 0.717) is 5.56 Å². The van der Waals surface area contributed by atoms with Gasteiger partial charge in [-0.05, 0) is 0 Å². The molecule has 1 aromatic heterocycles. The van der Waals surface area contributed by atoms with Crippen LogP contribution in [0.5, 0.6) is 6.01 Å². The number of hydrogen-bond acceptors (Lipinski definition) is 4. The second kappa shape index (κ2) is 5.78. The molecule has 1 N–H and O–H groups in total. The van der Waals surface area contributed by atoms with E-state index in [2.05, 4.69) is 14.7 Å². The molecule has 0 aliphatic rings. The number of aromatic nitrogens is 2.